The fourth-order valence-electron chi connectivity index (χ4n) is 3.07. The van der Waals surface area contributed by atoms with Crippen LogP contribution >= 0.6 is 35.7 Å². The highest BCUT2D eigenvalue weighted by Crippen LogP contribution is 2.37. The molecule has 0 aromatic rings. The third kappa shape index (κ3) is 7.55. The Balaban J connectivity index is 0.00000288. The van der Waals surface area contributed by atoms with Gasteiger partial charge in [0.05, 0.1) is 13.1 Å². The largest absolute Gasteiger partial charge is 0.401 e. The standard InChI is InChI=1S/C15H27F3N4S.HI/c1-3-19-13(20-10-14(2)6-4-8-23-14)21-12-5-7-22(9-12)11-15(16,17)18;/h12H,3-11H2,1-2H3,(H2,19,20,21);1H. The minimum atomic E-state index is -4.12. The van der Waals surface area contributed by atoms with Gasteiger partial charge in [-0.1, -0.05) is 0 Å². The van der Waals surface area contributed by atoms with Gasteiger partial charge in [-0.15, -0.1) is 24.0 Å². The lowest BCUT2D eigenvalue weighted by atomic mass is 10.1. The lowest BCUT2D eigenvalue weighted by Gasteiger charge is -2.23. The summed E-state index contributed by atoms with van der Waals surface area (Å²) in [7, 11) is 0. The summed E-state index contributed by atoms with van der Waals surface area (Å²) in [5, 5.41) is 6.50. The van der Waals surface area contributed by atoms with Crippen LogP contribution in [-0.2, 0) is 0 Å². The summed E-state index contributed by atoms with van der Waals surface area (Å²) < 4.78 is 37.6. The summed E-state index contributed by atoms with van der Waals surface area (Å²) in [5.41, 5.74) is 0. The molecule has 2 fully saturated rings. The Labute approximate surface area is 163 Å². The van der Waals surface area contributed by atoms with E-state index in [-0.39, 0.29) is 34.8 Å². The Kier molecular flexibility index (Phi) is 8.95. The van der Waals surface area contributed by atoms with Gasteiger partial charge in [0, 0.05) is 30.4 Å². The molecule has 2 rings (SSSR count). The maximum absolute atomic E-state index is 12.5. The molecular formula is C15H28F3IN4S. The Hall–Kier alpha value is 0.1000. The number of aliphatic imine (C=N–C) groups is 1. The predicted molar refractivity (Wildman–Crippen MR) is 106 cm³/mol. The van der Waals surface area contributed by atoms with Gasteiger partial charge < -0.3 is 10.6 Å². The third-order valence-electron chi connectivity index (χ3n) is 4.23. The second-order valence-electron chi connectivity index (χ2n) is 6.58. The quantitative estimate of drug-likeness (QED) is 0.361. The van der Waals surface area contributed by atoms with E-state index in [9.17, 15) is 13.2 Å². The number of nitrogens with zero attached hydrogens (tertiary/aromatic N) is 2. The average molecular weight is 480 g/mol. The summed E-state index contributed by atoms with van der Waals surface area (Å²) in [6, 6.07) is 0.0270. The van der Waals surface area contributed by atoms with Gasteiger partial charge in [-0.2, -0.15) is 24.9 Å². The van der Waals surface area contributed by atoms with Gasteiger partial charge in [-0.05, 0) is 38.9 Å². The van der Waals surface area contributed by atoms with E-state index < -0.39 is 12.7 Å². The molecule has 2 unspecified atom stereocenters. The Morgan fingerprint density at radius 1 is 1.42 bits per heavy atom. The van der Waals surface area contributed by atoms with E-state index in [0.717, 1.165) is 19.0 Å². The molecule has 142 valence electrons. The average Bonchev–Trinajstić information content (AvgIpc) is 3.05. The highest BCUT2D eigenvalue weighted by molar-refractivity contribution is 14.0. The van der Waals surface area contributed by atoms with Crippen molar-refractivity contribution < 1.29 is 13.2 Å². The fraction of sp³-hybridized carbons (Fsp3) is 0.933. The van der Waals surface area contributed by atoms with Gasteiger partial charge in [-0.3, -0.25) is 9.89 Å². The maximum atomic E-state index is 12.5. The molecule has 2 heterocycles. The summed E-state index contributed by atoms with van der Waals surface area (Å²) in [4.78, 5) is 6.12. The van der Waals surface area contributed by atoms with Crippen molar-refractivity contribution in [3.05, 3.63) is 0 Å². The molecule has 2 atom stereocenters. The lowest BCUT2D eigenvalue weighted by Crippen LogP contribution is -2.45. The first-order chi connectivity index (χ1) is 10.8. The number of hydrogen-bond donors (Lipinski definition) is 2. The highest BCUT2D eigenvalue weighted by atomic mass is 127. The van der Waals surface area contributed by atoms with Gasteiger partial charge in [0.15, 0.2) is 5.96 Å². The topological polar surface area (TPSA) is 39.7 Å². The van der Waals surface area contributed by atoms with Crippen LogP contribution in [-0.4, -0.2) is 66.3 Å². The summed E-state index contributed by atoms with van der Waals surface area (Å²) in [5.74, 6) is 1.91. The van der Waals surface area contributed by atoms with Crippen molar-refractivity contribution in [3.63, 3.8) is 0 Å². The van der Waals surface area contributed by atoms with Crippen LogP contribution in [0.25, 0.3) is 0 Å². The third-order valence-corrected chi connectivity index (χ3v) is 5.76. The fourth-order valence-corrected chi connectivity index (χ4v) is 4.29. The molecule has 2 aliphatic rings. The van der Waals surface area contributed by atoms with Crippen molar-refractivity contribution in [1.82, 2.24) is 15.5 Å². The van der Waals surface area contributed by atoms with E-state index in [1.165, 1.54) is 23.5 Å². The highest BCUT2D eigenvalue weighted by Gasteiger charge is 2.34. The van der Waals surface area contributed by atoms with Crippen molar-refractivity contribution in [3.8, 4) is 0 Å². The molecule has 0 aromatic carbocycles. The van der Waals surface area contributed by atoms with Crippen molar-refractivity contribution in [2.45, 2.75) is 50.1 Å². The van der Waals surface area contributed by atoms with Crippen molar-refractivity contribution in [1.29, 1.82) is 0 Å². The van der Waals surface area contributed by atoms with Crippen LogP contribution in [0.5, 0.6) is 0 Å². The molecule has 0 aliphatic carbocycles. The monoisotopic (exact) mass is 480 g/mol. The van der Waals surface area contributed by atoms with Gasteiger partial charge in [0.25, 0.3) is 0 Å². The molecular weight excluding hydrogens is 452 g/mol. The molecule has 24 heavy (non-hydrogen) atoms. The second-order valence-corrected chi connectivity index (χ2v) is 8.26. The van der Waals surface area contributed by atoms with E-state index in [1.807, 2.05) is 18.7 Å². The van der Waals surface area contributed by atoms with Crippen LogP contribution in [0.1, 0.15) is 33.1 Å². The number of thioether (sulfide) groups is 1. The molecule has 0 bridgehead atoms. The molecule has 2 aliphatic heterocycles. The molecule has 0 aromatic heterocycles. The number of rotatable bonds is 5. The first-order valence-electron chi connectivity index (χ1n) is 8.27. The van der Waals surface area contributed by atoms with Crippen LogP contribution in [0.2, 0.25) is 0 Å². The molecule has 0 amide bonds. The van der Waals surface area contributed by atoms with Gasteiger partial charge in [0.1, 0.15) is 0 Å². The van der Waals surface area contributed by atoms with Crippen molar-refractivity contribution in [2.75, 3.05) is 38.5 Å². The predicted octanol–water partition coefficient (Wildman–Crippen LogP) is 3.08. The lowest BCUT2D eigenvalue weighted by molar-refractivity contribution is -0.143. The van der Waals surface area contributed by atoms with E-state index in [2.05, 4.69) is 22.5 Å². The number of likely N-dealkylation sites (tertiary alicyclic amines) is 1. The SMILES string of the molecule is CCNC(=NCC1(C)CCCS1)NC1CCN(CC(F)(F)F)C1.I. The normalized spacial score (nSPS) is 28.7. The Morgan fingerprint density at radius 3 is 2.75 bits per heavy atom. The van der Waals surface area contributed by atoms with Crippen LogP contribution in [0, 0.1) is 0 Å². The Morgan fingerprint density at radius 2 is 2.17 bits per heavy atom. The molecule has 0 saturated carbocycles. The van der Waals surface area contributed by atoms with Crippen LogP contribution in [0.3, 0.4) is 0 Å². The minimum absolute atomic E-state index is 0. The molecule has 9 heteroatoms. The summed E-state index contributed by atoms with van der Waals surface area (Å²) in [6.07, 6.45) is -1.01. The first-order valence-corrected chi connectivity index (χ1v) is 9.26. The van der Waals surface area contributed by atoms with Crippen LogP contribution in [0.15, 0.2) is 4.99 Å². The molecule has 2 N–H and O–H groups in total. The maximum Gasteiger partial charge on any atom is 0.401 e. The zero-order valence-electron chi connectivity index (χ0n) is 14.3. The number of halogens is 4. The van der Waals surface area contributed by atoms with Gasteiger partial charge >= 0.3 is 6.18 Å². The van der Waals surface area contributed by atoms with Gasteiger partial charge in [0.2, 0.25) is 0 Å². The zero-order valence-corrected chi connectivity index (χ0v) is 17.4. The number of guanidine groups is 1. The zero-order chi connectivity index (χ0) is 16.9. The van der Waals surface area contributed by atoms with E-state index in [0.29, 0.717) is 19.5 Å². The van der Waals surface area contributed by atoms with E-state index in [1.54, 1.807) is 0 Å². The number of alkyl halides is 3. The van der Waals surface area contributed by atoms with Gasteiger partial charge in [-0.25, -0.2) is 0 Å². The summed E-state index contributed by atoms with van der Waals surface area (Å²) in [6.45, 7) is 5.78. The second kappa shape index (κ2) is 9.70. The molecule has 2 saturated heterocycles. The molecule has 4 nitrogen and oxygen atoms in total. The van der Waals surface area contributed by atoms with E-state index in [4.69, 9.17) is 0 Å². The smallest absolute Gasteiger partial charge is 0.357 e. The summed E-state index contributed by atoms with van der Waals surface area (Å²) >= 11 is 1.96. The van der Waals surface area contributed by atoms with E-state index >= 15 is 0 Å². The van der Waals surface area contributed by atoms with Crippen LogP contribution in [0.4, 0.5) is 13.2 Å². The van der Waals surface area contributed by atoms with Crippen LogP contribution < -0.4 is 10.6 Å². The minimum Gasteiger partial charge on any atom is -0.357 e. The number of hydrogen-bond acceptors (Lipinski definition) is 3. The van der Waals surface area contributed by atoms with Crippen molar-refractivity contribution >= 4 is 41.7 Å². The first kappa shape index (κ1) is 22.1. The van der Waals surface area contributed by atoms with Crippen molar-refractivity contribution in [2.24, 2.45) is 4.99 Å². The Bertz CT molecular complexity index is 414. The molecule has 0 radical (unpaired) electrons. The molecule has 0 spiro atoms. The number of nitrogens with one attached hydrogen (secondary N) is 2.